The van der Waals surface area contributed by atoms with E-state index in [1.165, 1.54) is 6.07 Å². The maximum Gasteiger partial charge on any atom is 0.261 e. The molecule has 1 aromatic carbocycles. The minimum atomic E-state index is -4.00. The van der Waals surface area contributed by atoms with Crippen molar-refractivity contribution in [2.24, 2.45) is 0 Å². The molecule has 0 radical (unpaired) electrons. The van der Waals surface area contributed by atoms with Gasteiger partial charge < -0.3 is 10.5 Å². The lowest BCUT2D eigenvalue weighted by Crippen LogP contribution is -2.28. The highest BCUT2D eigenvalue weighted by atomic mass is 32.2. The number of hydrogen-bond acceptors (Lipinski definition) is 4. The molecule has 1 rings (SSSR count). The summed E-state index contributed by atoms with van der Waals surface area (Å²) >= 11 is 0. The van der Waals surface area contributed by atoms with Gasteiger partial charge in [0, 0.05) is 6.54 Å². The first kappa shape index (κ1) is 15.7. The highest BCUT2D eigenvalue weighted by Gasteiger charge is 2.18. The lowest BCUT2D eigenvalue weighted by molar-refractivity contribution is 0.0199. The first-order valence-corrected chi connectivity index (χ1v) is 6.72. The van der Waals surface area contributed by atoms with Crippen LogP contribution in [0.4, 0.5) is 18.9 Å². The molecule has 0 atom stereocenters. The number of alkyl halides is 2. The van der Waals surface area contributed by atoms with Gasteiger partial charge in [-0.25, -0.2) is 26.3 Å². The van der Waals surface area contributed by atoms with Crippen LogP contribution in [0.15, 0.2) is 23.1 Å². The summed E-state index contributed by atoms with van der Waals surface area (Å²) in [5, 5.41) is 0. The molecule has 1 aromatic rings. The Morgan fingerprint density at radius 2 is 2.05 bits per heavy atom. The van der Waals surface area contributed by atoms with E-state index in [1.807, 2.05) is 0 Å². The first-order chi connectivity index (χ1) is 8.84. The number of para-hydroxylation sites is 1. The van der Waals surface area contributed by atoms with Crippen molar-refractivity contribution in [3.63, 3.8) is 0 Å². The van der Waals surface area contributed by atoms with Gasteiger partial charge in [-0.2, -0.15) is 0 Å². The Balaban J connectivity index is 2.59. The summed E-state index contributed by atoms with van der Waals surface area (Å²) in [7, 11) is -4.00. The van der Waals surface area contributed by atoms with Crippen LogP contribution in [0.2, 0.25) is 0 Å². The lowest BCUT2D eigenvalue weighted by atomic mass is 10.3. The molecule has 0 amide bonds. The normalized spacial score (nSPS) is 12.0. The number of nitrogen functional groups attached to an aromatic ring is 1. The van der Waals surface area contributed by atoms with Gasteiger partial charge in [-0.1, -0.05) is 6.07 Å². The van der Waals surface area contributed by atoms with E-state index in [0.29, 0.717) is 0 Å². The summed E-state index contributed by atoms with van der Waals surface area (Å²) in [4.78, 5) is -0.402. The number of rotatable bonds is 7. The van der Waals surface area contributed by atoms with Crippen molar-refractivity contribution in [1.82, 2.24) is 4.72 Å². The zero-order valence-electron chi connectivity index (χ0n) is 9.77. The van der Waals surface area contributed by atoms with E-state index < -0.39 is 39.5 Å². The average Bonchev–Trinajstić information content (AvgIpc) is 2.31. The minimum absolute atomic E-state index is 0.217. The van der Waals surface area contributed by atoms with Gasteiger partial charge in [0.15, 0.2) is 0 Å². The van der Waals surface area contributed by atoms with Crippen LogP contribution in [-0.4, -0.2) is 34.6 Å². The average molecular weight is 298 g/mol. The molecule has 0 aromatic heterocycles. The van der Waals surface area contributed by atoms with Gasteiger partial charge in [-0.15, -0.1) is 0 Å². The van der Waals surface area contributed by atoms with Crippen LogP contribution in [0.1, 0.15) is 0 Å². The number of anilines is 1. The Morgan fingerprint density at radius 1 is 1.37 bits per heavy atom. The summed E-state index contributed by atoms with van der Waals surface area (Å²) in [5.74, 6) is -0.850. The molecule has 0 aliphatic carbocycles. The molecule has 0 spiro atoms. The van der Waals surface area contributed by atoms with Crippen LogP contribution < -0.4 is 10.5 Å². The van der Waals surface area contributed by atoms with Gasteiger partial charge in [0.2, 0.25) is 10.0 Å². The van der Waals surface area contributed by atoms with Gasteiger partial charge in [-0.05, 0) is 12.1 Å². The van der Waals surface area contributed by atoms with Crippen LogP contribution in [0.3, 0.4) is 0 Å². The largest absolute Gasteiger partial charge is 0.395 e. The lowest BCUT2D eigenvalue weighted by Gasteiger charge is -2.09. The Morgan fingerprint density at radius 3 is 2.68 bits per heavy atom. The van der Waals surface area contributed by atoms with Gasteiger partial charge >= 0.3 is 0 Å². The quantitative estimate of drug-likeness (QED) is 0.580. The van der Waals surface area contributed by atoms with Gasteiger partial charge in [0.05, 0.1) is 12.3 Å². The molecular weight excluding hydrogens is 285 g/mol. The van der Waals surface area contributed by atoms with Crippen molar-refractivity contribution in [3.05, 3.63) is 24.0 Å². The molecule has 0 unspecified atom stereocenters. The van der Waals surface area contributed by atoms with E-state index in [0.717, 1.165) is 12.1 Å². The zero-order chi connectivity index (χ0) is 14.5. The Labute approximate surface area is 108 Å². The number of nitrogens with two attached hydrogens (primary N) is 1. The van der Waals surface area contributed by atoms with E-state index in [1.54, 1.807) is 0 Å². The number of ether oxygens (including phenoxy) is 1. The van der Waals surface area contributed by atoms with Crippen LogP contribution in [0, 0.1) is 5.82 Å². The van der Waals surface area contributed by atoms with Crippen LogP contribution >= 0.6 is 0 Å². The summed E-state index contributed by atoms with van der Waals surface area (Å²) in [6, 6.07) is 3.37. The summed E-state index contributed by atoms with van der Waals surface area (Å²) in [5.41, 5.74) is 4.82. The summed E-state index contributed by atoms with van der Waals surface area (Å²) in [6.07, 6.45) is -2.62. The predicted octanol–water partition coefficient (Wildman–Crippen LogP) is 0.968. The minimum Gasteiger partial charge on any atom is -0.395 e. The van der Waals surface area contributed by atoms with E-state index in [9.17, 15) is 21.6 Å². The highest BCUT2D eigenvalue weighted by molar-refractivity contribution is 7.89. The maximum atomic E-state index is 13.1. The van der Waals surface area contributed by atoms with Gasteiger partial charge in [0.1, 0.15) is 17.3 Å². The predicted molar refractivity (Wildman–Crippen MR) is 62.8 cm³/mol. The van der Waals surface area contributed by atoms with Crippen molar-refractivity contribution < 1.29 is 26.3 Å². The maximum absolute atomic E-state index is 13.1. The van der Waals surface area contributed by atoms with E-state index in [4.69, 9.17) is 5.73 Å². The molecule has 0 bridgehead atoms. The van der Waals surface area contributed by atoms with Crippen molar-refractivity contribution >= 4 is 15.7 Å². The van der Waals surface area contributed by atoms with Gasteiger partial charge in [-0.3, -0.25) is 0 Å². The van der Waals surface area contributed by atoms with E-state index in [-0.39, 0.29) is 13.2 Å². The van der Waals surface area contributed by atoms with E-state index >= 15 is 0 Å². The SMILES string of the molecule is Nc1c(F)cccc1S(=O)(=O)NCCOCC(F)F. The molecule has 0 saturated carbocycles. The van der Waals surface area contributed by atoms with Crippen molar-refractivity contribution in [1.29, 1.82) is 0 Å². The molecule has 0 heterocycles. The molecule has 5 nitrogen and oxygen atoms in total. The molecule has 0 aliphatic rings. The van der Waals surface area contributed by atoms with Crippen LogP contribution in [0.5, 0.6) is 0 Å². The fourth-order valence-corrected chi connectivity index (χ4v) is 2.40. The van der Waals surface area contributed by atoms with Crippen LogP contribution in [0.25, 0.3) is 0 Å². The molecule has 9 heteroatoms. The second-order valence-electron chi connectivity index (χ2n) is 3.52. The standard InChI is InChI=1S/C10H13F3N2O3S/c11-7-2-1-3-8(10(7)14)19(16,17)15-4-5-18-6-9(12)13/h1-3,9,15H,4-6,14H2. The zero-order valence-corrected chi connectivity index (χ0v) is 10.6. The Kier molecular flexibility index (Phi) is 5.58. The van der Waals surface area contributed by atoms with Crippen molar-refractivity contribution in [2.75, 3.05) is 25.5 Å². The number of nitrogens with one attached hydrogen (secondary N) is 1. The third-order valence-corrected chi connectivity index (χ3v) is 3.60. The summed E-state index contributed by atoms with van der Waals surface area (Å²) < 4.78 is 66.6. The Hall–Kier alpha value is -1.32. The molecule has 0 fully saturated rings. The number of halogens is 3. The molecule has 19 heavy (non-hydrogen) atoms. The topological polar surface area (TPSA) is 81.4 Å². The third kappa shape index (κ3) is 4.69. The second kappa shape index (κ2) is 6.73. The van der Waals surface area contributed by atoms with Crippen molar-refractivity contribution in [2.45, 2.75) is 11.3 Å². The number of hydrogen-bond donors (Lipinski definition) is 2. The molecule has 108 valence electrons. The molecule has 3 N–H and O–H groups in total. The first-order valence-electron chi connectivity index (χ1n) is 5.24. The molecule has 0 aliphatic heterocycles. The fourth-order valence-electron chi connectivity index (χ4n) is 1.25. The number of sulfonamides is 1. The van der Waals surface area contributed by atoms with Crippen LogP contribution in [-0.2, 0) is 14.8 Å². The monoisotopic (exact) mass is 298 g/mol. The van der Waals surface area contributed by atoms with Crippen molar-refractivity contribution in [3.8, 4) is 0 Å². The number of benzene rings is 1. The Bertz CT molecular complexity index is 523. The van der Waals surface area contributed by atoms with E-state index in [2.05, 4.69) is 9.46 Å². The highest BCUT2D eigenvalue weighted by Crippen LogP contribution is 2.20. The van der Waals surface area contributed by atoms with Gasteiger partial charge in [0.25, 0.3) is 6.43 Å². The molecule has 0 saturated heterocycles. The summed E-state index contributed by atoms with van der Waals surface area (Å²) in [6.45, 7) is -1.21. The smallest absolute Gasteiger partial charge is 0.261 e. The third-order valence-electron chi connectivity index (χ3n) is 2.08. The fraction of sp³-hybridized carbons (Fsp3) is 0.400. The second-order valence-corrected chi connectivity index (χ2v) is 5.25. The molecular formula is C10H13F3N2O3S.